The summed E-state index contributed by atoms with van der Waals surface area (Å²) in [7, 11) is 0. The van der Waals surface area contributed by atoms with Crippen LogP contribution in [-0.2, 0) is 5.88 Å². The van der Waals surface area contributed by atoms with Crippen molar-refractivity contribution in [3.05, 3.63) is 27.6 Å². The van der Waals surface area contributed by atoms with Gasteiger partial charge in [-0.05, 0) is 66.6 Å². The molecule has 2 fully saturated rings. The second-order valence-corrected chi connectivity index (χ2v) is 7.28. The van der Waals surface area contributed by atoms with E-state index in [0.717, 1.165) is 11.3 Å². The standard InChI is InChI=1S/C15H17ClIN3/c16-9-15-18-11-8-10(17)3-4-12(11)20(15)14-5-7-19-6-1-2-13(14)19/h3-4,8,13-14H,1-2,5-7,9H2. The van der Waals surface area contributed by atoms with Gasteiger partial charge >= 0.3 is 0 Å². The van der Waals surface area contributed by atoms with Crippen molar-refractivity contribution in [1.29, 1.82) is 0 Å². The zero-order valence-corrected chi connectivity index (χ0v) is 14.1. The molecule has 0 radical (unpaired) electrons. The largest absolute Gasteiger partial charge is 0.322 e. The van der Waals surface area contributed by atoms with Crippen LogP contribution in [-0.4, -0.2) is 33.6 Å². The fourth-order valence-corrected chi connectivity index (χ4v) is 4.61. The first-order valence-corrected chi connectivity index (χ1v) is 8.85. The fraction of sp³-hybridized carbons (Fsp3) is 0.533. The third-order valence-electron chi connectivity index (χ3n) is 4.75. The number of halogens is 2. The summed E-state index contributed by atoms with van der Waals surface area (Å²) in [5.74, 6) is 1.52. The van der Waals surface area contributed by atoms with Crippen LogP contribution in [0.25, 0.3) is 11.0 Å². The van der Waals surface area contributed by atoms with Gasteiger partial charge in [-0.1, -0.05) is 0 Å². The van der Waals surface area contributed by atoms with Gasteiger partial charge in [-0.15, -0.1) is 11.6 Å². The maximum absolute atomic E-state index is 6.17. The van der Waals surface area contributed by atoms with Gasteiger partial charge in [0.2, 0.25) is 0 Å². The molecule has 5 heteroatoms. The first kappa shape index (κ1) is 13.3. The predicted molar refractivity (Wildman–Crippen MR) is 90.3 cm³/mol. The Morgan fingerprint density at radius 1 is 1.25 bits per heavy atom. The highest BCUT2D eigenvalue weighted by atomic mass is 127. The Labute approximate surface area is 137 Å². The average molecular weight is 402 g/mol. The lowest BCUT2D eigenvalue weighted by Gasteiger charge is -2.23. The third kappa shape index (κ3) is 1.99. The fourth-order valence-electron chi connectivity index (χ4n) is 3.94. The van der Waals surface area contributed by atoms with E-state index in [1.54, 1.807) is 0 Å². The Balaban J connectivity index is 1.85. The molecule has 2 aliphatic rings. The predicted octanol–water partition coefficient (Wildman–Crippen LogP) is 3.79. The first-order chi connectivity index (χ1) is 9.78. The SMILES string of the molecule is ClCc1nc2cc(I)ccc2n1C1CCN2CCCC12. The van der Waals surface area contributed by atoms with E-state index in [2.05, 4.69) is 50.3 Å². The molecule has 3 heterocycles. The van der Waals surface area contributed by atoms with Crippen LogP contribution in [0.3, 0.4) is 0 Å². The molecule has 2 aliphatic heterocycles. The molecule has 1 aromatic heterocycles. The van der Waals surface area contributed by atoms with Crippen LogP contribution in [0.15, 0.2) is 18.2 Å². The van der Waals surface area contributed by atoms with Crippen molar-refractivity contribution < 1.29 is 0 Å². The molecule has 2 saturated heterocycles. The van der Waals surface area contributed by atoms with E-state index in [1.165, 1.54) is 41.4 Å². The zero-order chi connectivity index (χ0) is 13.7. The molecule has 20 heavy (non-hydrogen) atoms. The number of hydrogen-bond donors (Lipinski definition) is 0. The van der Waals surface area contributed by atoms with Crippen molar-refractivity contribution in [2.75, 3.05) is 13.1 Å². The van der Waals surface area contributed by atoms with Gasteiger partial charge in [0, 0.05) is 16.2 Å². The highest BCUT2D eigenvalue weighted by molar-refractivity contribution is 14.1. The van der Waals surface area contributed by atoms with Gasteiger partial charge in [-0.25, -0.2) is 4.98 Å². The second kappa shape index (κ2) is 5.14. The van der Waals surface area contributed by atoms with E-state index in [0.29, 0.717) is 18.0 Å². The van der Waals surface area contributed by atoms with Gasteiger partial charge in [-0.3, -0.25) is 4.90 Å². The number of hydrogen-bond acceptors (Lipinski definition) is 2. The van der Waals surface area contributed by atoms with E-state index >= 15 is 0 Å². The molecule has 2 unspecified atom stereocenters. The molecular weight excluding hydrogens is 385 g/mol. The van der Waals surface area contributed by atoms with Crippen LogP contribution in [0.4, 0.5) is 0 Å². The van der Waals surface area contributed by atoms with Crippen LogP contribution >= 0.6 is 34.2 Å². The molecule has 0 N–H and O–H groups in total. The number of fused-ring (bicyclic) bond motifs is 2. The van der Waals surface area contributed by atoms with Crippen LogP contribution < -0.4 is 0 Å². The van der Waals surface area contributed by atoms with Crippen molar-refractivity contribution >= 4 is 45.2 Å². The van der Waals surface area contributed by atoms with Crippen molar-refractivity contribution in [2.24, 2.45) is 0 Å². The third-order valence-corrected chi connectivity index (χ3v) is 5.66. The Morgan fingerprint density at radius 2 is 2.15 bits per heavy atom. The molecule has 1 aromatic carbocycles. The van der Waals surface area contributed by atoms with Crippen molar-refractivity contribution in [3.8, 4) is 0 Å². The monoisotopic (exact) mass is 401 g/mol. The second-order valence-electron chi connectivity index (χ2n) is 5.77. The van der Waals surface area contributed by atoms with Crippen LogP contribution in [0, 0.1) is 3.57 Å². The number of alkyl halides is 1. The van der Waals surface area contributed by atoms with Gasteiger partial charge in [0.25, 0.3) is 0 Å². The van der Waals surface area contributed by atoms with Gasteiger partial charge < -0.3 is 4.57 Å². The minimum atomic E-state index is 0.495. The lowest BCUT2D eigenvalue weighted by Crippen LogP contribution is -2.28. The van der Waals surface area contributed by atoms with Gasteiger partial charge in [0.15, 0.2) is 0 Å². The highest BCUT2D eigenvalue weighted by Gasteiger charge is 2.39. The highest BCUT2D eigenvalue weighted by Crippen LogP contribution is 2.38. The molecule has 0 saturated carbocycles. The Kier molecular flexibility index (Phi) is 3.43. The zero-order valence-electron chi connectivity index (χ0n) is 11.2. The molecule has 2 atom stereocenters. The van der Waals surface area contributed by atoms with Crippen molar-refractivity contribution in [1.82, 2.24) is 14.5 Å². The van der Waals surface area contributed by atoms with Gasteiger partial charge in [-0.2, -0.15) is 0 Å². The summed E-state index contributed by atoms with van der Waals surface area (Å²) in [4.78, 5) is 7.40. The smallest absolute Gasteiger partial charge is 0.125 e. The molecule has 106 valence electrons. The van der Waals surface area contributed by atoms with Gasteiger partial charge in [0.05, 0.1) is 23.0 Å². The van der Waals surface area contributed by atoms with Crippen LogP contribution in [0.1, 0.15) is 31.1 Å². The number of imidazole rings is 1. The van der Waals surface area contributed by atoms with Crippen molar-refractivity contribution in [2.45, 2.75) is 37.2 Å². The summed E-state index contributed by atoms with van der Waals surface area (Å²) in [5, 5.41) is 0. The average Bonchev–Trinajstić information content (AvgIpc) is 3.10. The molecular formula is C15H17ClIN3. The molecule has 4 rings (SSSR count). The molecule has 0 aliphatic carbocycles. The molecule has 0 amide bonds. The normalized spacial score (nSPS) is 26.5. The summed E-state index contributed by atoms with van der Waals surface area (Å²) in [6, 6.07) is 7.77. The lowest BCUT2D eigenvalue weighted by molar-refractivity contribution is 0.290. The molecule has 0 spiro atoms. The van der Waals surface area contributed by atoms with E-state index in [9.17, 15) is 0 Å². The van der Waals surface area contributed by atoms with E-state index in [1.807, 2.05) is 0 Å². The molecule has 2 aromatic rings. The topological polar surface area (TPSA) is 21.1 Å². The Hall–Kier alpha value is -0.330. The maximum Gasteiger partial charge on any atom is 0.125 e. The number of benzene rings is 1. The Morgan fingerprint density at radius 3 is 3.00 bits per heavy atom. The summed E-state index contributed by atoms with van der Waals surface area (Å²) in [5.41, 5.74) is 2.34. The minimum absolute atomic E-state index is 0.495. The van der Waals surface area contributed by atoms with Crippen LogP contribution in [0.5, 0.6) is 0 Å². The lowest BCUT2D eigenvalue weighted by atomic mass is 10.1. The summed E-state index contributed by atoms with van der Waals surface area (Å²) >= 11 is 8.51. The number of rotatable bonds is 2. The van der Waals surface area contributed by atoms with E-state index < -0.39 is 0 Å². The Bertz CT molecular complexity index is 654. The molecule has 0 bridgehead atoms. The first-order valence-electron chi connectivity index (χ1n) is 7.24. The number of aromatic nitrogens is 2. The van der Waals surface area contributed by atoms with Crippen LogP contribution in [0.2, 0.25) is 0 Å². The quantitative estimate of drug-likeness (QED) is 0.564. The summed E-state index contributed by atoms with van der Waals surface area (Å²) < 4.78 is 3.66. The maximum atomic E-state index is 6.17. The van der Waals surface area contributed by atoms with E-state index in [4.69, 9.17) is 16.6 Å². The minimum Gasteiger partial charge on any atom is -0.322 e. The summed E-state index contributed by atoms with van der Waals surface area (Å²) in [6.07, 6.45) is 3.88. The van der Waals surface area contributed by atoms with E-state index in [-0.39, 0.29) is 0 Å². The van der Waals surface area contributed by atoms with Crippen molar-refractivity contribution in [3.63, 3.8) is 0 Å². The number of nitrogens with zero attached hydrogens (tertiary/aromatic N) is 3. The summed E-state index contributed by atoms with van der Waals surface area (Å²) in [6.45, 7) is 2.49. The molecule has 3 nitrogen and oxygen atoms in total. The van der Waals surface area contributed by atoms with Gasteiger partial charge in [0.1, 0.15) is 5.82 Å².